The Morgan fingerprint density at radius 1 is 1.62 bits per heavy atom. The predicted octanol–water partition coefficient (Wildman–Crippen LogP) is 2.21. The van der Waals surface area contributed by atoms with Crippen LogP contribution < -0.4 is 5.73 Å². The number of anilines is 1. The molecule has 13 heavy (non-hydrogen) atoms. The lowest BCUT2D eigenvalue weighted by Crippen LogP contribution is -2.07. The Kier molecular flexibility index (Phi) is 3.31. The van der Waals surface area contributed by atoms with Crippen LogP contribution in [0.2, 0.25) is 0 Å². The third-order valence-electron chi connectivity index (χ3n) is 1.51. The molecule has 4 heteroatoms. The molecular formula is C9H10BrNO2. The van der Waals surface area contributed by atoms with Gasteiger partial charge in [0.05, 0.1) is 12.2 Å². The molecular weight excluding hydrogens is 234 g/mol. The average Bonchev–Trinajstić information content (AvgIpc) is 2.09. The maximum absolute atomic E-state index is 11.3. The van der Waals surface area contributed by atoms with Crippen LogP contribution in [0.25, 0.3) is 0 Å². The standard InChI is InChI=1S/C9H10BrNO2/c1-2-13-9(12)7-5-6(10)3-4-8(7)11/h3-5H,2,11H2,1H3. The molecule has 3 nitrogen and oxygen atoms in total. The molecule has 70 valence electrons. The first-order valence-electron chi connectivity index (χ1n) is 3.87. The zero-order chi connectivity index (χ0) is 9.84. The number of esters is 1. The van der Waals surface area contributed by atoms with Crippen LogP contribution in [0, 0.1) is 0 Å². The van der Waals surface area contributed by atoms with Crippen molar-refractivity contribution in [3.05, 3.63) is 28.2 Å². The second kappa shape index (κ2) is 4.28. The highest BCUT2D eigenvalue weighted by atomic mass is 79.9. The van der Waals surface area contributed by atoms with Crippen LogP contribution >= 0.6 is 15.9 Å². The van der Waals surface area contributed by atoms with Crippen molar-refractivity contribution >= 4 is 27.6 Å². The Morgan fingerprint density at radius 2 is 2.31 bits per heavy atom. The zero-order valence-electron chi connectivity index (χ0n) is 7.21. The fourth-order valence-corrected chi connectivity index (χ4v) is 1.28. The van der Waals surface area contributed by atoms with E-state index in [4.69, 9.17) is 10.5 Å². The van der Waals surface area contributed by atoms with Crippen LogP contribution in [0.4, 0.5) is 5.69 Å². The van der Waals surface area contributed by atoms with Gasteiger partial charge in [-0.05, 0) is 25.1 Å². The molecule has 1 rings (SSSR count). The van der Waals surface area contributed by atoms with E-state index < -0.39 is 0 Å². The number of nitrogen functional groups attached to an aromatic ring is 1. The van der Waals surface area contributed by atoms with Gasteiger partial charge in [-0.25, -0.2) is 4.79 Å². The Balaban J connectivity index is 2.99. The van der Waals surface area contributed by atoms with Crippen molar-refractivity contribution in [3.8, 4) is 0 Å². The first-order valence-corrected chi connectivity index (χ1v) is 4.66. The number of nitrogens with two attached hydrogens (primary N) is 1. The molecule has 0 saturated carbocycles. The highest BCUT2D eigenvalue weighted by Gasteiger charge is 2.10. The quantitative estimate of drug-likeness (QED) is 0.640. The van der Waals surface area contributed by atoms with Gasteiger partial charge in [0, 0.05) is 10.2 Å². The van der Waals surface area contributed by atoms with E-state index in [1.165, 1.54) is 0 Å². The van der Waals surface area contributed by atoms with E-state index in [-0.39, 0.29) is 5.97 Å². The second-order valence-corrected chi connectivity index (χ2v) is 3.37. The fourth-order valence-electron chi connectivity index (χ4n) is 0.914. The van der Waals surface area contributed by atoms with E-state index in [0.29, 0.717) is 17.9 Å². The molecule has 0 amide bonds. The first kappa shape index (κ1) is 10.1. The number of carbonyl (C=O) groups excluding carboxylic acids is 1. The molecule has 0 aromatic heterocycles. The van der Waals surface area contributed by atoms with Gasteiger partial charge in [-0.2, -0.15) is 0 Å². The van der Waals surface area contributed by atoms with Gasteiger partial charge in [0.25, 0.3) is 0 Å². The molecule has 0 aliphatic carbocycles. The highest BCUT2D eigenvalue weighted by Crippen LogP contribution is 2.19. The molecule has 0 spiro atoms. The summed E-state index contributed by atoms with van der Waals surface area (Å²) in [6.07, 6.45) is 0. The molecule has 1 aromatic rings. The lowest BCUT2D eigenvalue weighted by atomic mass is 10.2. The van der Waals surface area contributed by atoms with Gasteiger partial charge < -0.3 is 10.5 Å². The Bertz CT molecular complexity index is 325. The van der Waals surface area contributed by atoms with Crippen molar-refractivity contribution in [2.45, 2.75) is 6.92 Å². The van der Waals surface area contributed by atoms with Gasteiger partial charge in [-0.15, -0.1) is 0 Å². The number of hydrogen-bond acceptors (Lipinski definition) is 3. The maximum atomic E-state index is 11.3. The van der Waals surface area contributed by atoms with E-state index in [0.717, 1.165) is 4.47 Å². The number of benzene rings is 1. The minimum Gasteiger partial charge on any atom is -0.462 e. The van der Waals surface area contributed by atoms with Crippen LogP contribution in [0.1, 0.15) is 17.3 Å². The summed E-state index contributed by atoms with van der Waals surface area (Å²) in [5, 5.41) is 0. The van der Waals surface area contributed by atoms with Gasteiger partial charge in [-0.1, -0.05) is 15.9 Å². The van der Waals surface area contributed by atoms with Crippen molar-refractivity contribution in [2.75, 3.05) is 12.3 Å². The molecule has 0 unspecified atom stereocenters. The van der Waals surface area contributed by atoms with Crippen LogP contribution in [-0.2, 0) is 4.74 Å². The van der Waals surface area contributed by atoms with E-state index in [2.05, 4.69) is 15.9 Å². The van der Waals surface area contributed by atoms with E-state index in [9.17, 15) is 4.79 Å². The summed E-state index contributed by atoms with van der Waals surface area (Å²) in [5.41, 5.74) is 6.43. The van der Waals surface area contributed by atoms with Crippen molar-refractivity contribution in [1.82, 2.24) is 0 Å². The molecule has 0 saturated heterocycles. The molecule has 0 radical (unpaired) electrons. The van der Waals surface area contributed by atoms with E-state index in [1.807, 2.05) is 0 Å². The first-order chi connectivity index (χ1) is 6.15. The summed E-state index contributed by atoms with van der Waals surface area (Å²) in [6, 6.07) is 5.09. The fraction of sp³-hybridized carbons (Fsp3) is 0.222. The molecule has 0 aliphatic rings. The van der Waals surface area contributed by atoms with E-state index >= 15 is 0 Å². The van der Waals surface area contributed by atoms with Gasteiger partial charge >= 0.3 is 5.97 Å². The maximum Gasteiger partial charge on any atom is 0.340 e. The Morgan fingerprint density at radius 3 is 2.92 bits per heavy atom. The number of hydrogen-bond donors (Lipinski definition) is 1. The highest BCUT2D eigenvalue weighted by molar-refractivity contribution is 9.10. The minimum atomic E-state index is -0.388. The Hall–Kier alpha value is -1.03. The minimum absolute atomic E-state index is 0.352. The van der Waals surface area contributed by atoms with Crippen LogP contribution in [-0.4, -0.2) is 12.6 Å². The number of rotatable bonds is 2. The number of halogens is 1. The Labute approximate surface area is 85.0 Å². The smallest absolute Gasteiger partial charge is 0.340 e. The van der Waals surface area contributed by atoms with Crippen LogP contribution in [0.15, 0.2) is 22.7 Å². The molecule has 2 N–H and O–H groups in total. The summed E-state index contributed by atoms with van der Waals surface area (Å²) in [7, 11) is 0. The summed E-state index contributed by atoms with van der Waals surface area (Å²) >= 11 is 3.25. The molecule has 0 atom stereocenters. The third kappa shape index (κ3) is 2.45. The molecule has 1 aromatic carbocycles. The lowest BCUT2D eigenvalue weighted by molar-refractivity contribution is 0.0527. The number of carbonyl (C=O) groups is 1. The SMILES string of the molecule is CCOC(=O)c1cc(Br)ccc1N. The van der Waals surface area contributed by atoms with Gasteiger partial charge in [-0.3, -0.25) is 0 Å². The normalized spacial score (nSPS) is 9.69. The topological polar surface area (TPSA) is 52.3 Å². The van der Waals surface area contributed by atoms with Gasteiger partial charge in [0.2, 0.25) is 0 Å². The van der Waals surface area contributed by atoms with Crippen LogP contribution in [0.3, 0.4) is 0 Å². The van der Waals surface area contributed by atoms with Gasteiger partial charge in [0.15, 0.2) is 0 Å². The summed E-state index contributed by atoms with van der Waals surface area (Å²) < 4.78 is 5.63. The van der Waals surface area contributed by atoms with Gasteiger partial charge in [0.1, 0.15) is 0 Å². The summed E-state index contributed by atoms with van der Waals surface area (Å²) in [5.74, 6) is -0.388. The van der Waals surface area contributed by atoms with E-state index in [1.54, 1.807) is 25.1 Å². The number of ether oxygens (including phenoxy) is 1. The van der Waals surface area contributed by atoms with Crippen molar-refractivity contribution in [1.29, 1.82) is 0 Å². The zero-order valence-corrected chi connectivity index (χ0v) is 8.80. The molecule has 0 bridgehead atoms. The van der Waals surface area contributed by atoms with Crippen LogP contribution in [0.5, 0.6) is 0 Å². The third-order valence-corrected chi connectivity index (χ3v) is 2.00. The summed E-state index contributed by atoms with van der Waals surface area (Å²) in [6.45, 7) is 2.11. The summed E-state index contributed by atoms with van der Waals surface area (Å²) in [4.78, 5) is 11.3. The molecule has 0 fully saturated rings. The monoisotopic (exact) mass is 243 g/mol. The van der Waals surface area contributed by atoms with Crippen molar-refractivity contribution in [2.24, 2.45) is 0 Å². The molecule has 0 heterocycles. The van der Waals surface area contributed by atoms with Crippen molar-refractivity contribution in [3.63, 3.8) is 0 Å². The average molecular weight is 244 g/mol. The van der Waals surface area contributed by atoms with Crippen molar-refractivity contribution < 1.29 is 9.53 Å². The predicted molar refractivity (Wildman–Crippen MR) is 54.5 cm³/mol. The lowest BCUT2D eigenvalue weighted by Gasteiger charge is -2.04. The second-order valence-electron chi connectivity index (χ2n) is 2.45. The largest absolute Gasteiger partial charge is 0.462 e. The molecule has 0 aliphatic heterocycles.